The SMILES string of the molecule is CC1(C)CSC(=NCc2ccccc2)N1C(=O)C(c1ccccc1)c1ccccc1. The summed E-state index contributed by atoms with van der Waals surface area (Å²) in [5.41, 5.74) is 2.86. The molecule has 4 rings (SSSR count). The zero-order valence-corrected chi connectivity index (χ0v) is 18.2. The van der Waals surface area contributed by atoms with E-state index in [4.69, 9.17) is 4.99 Å². The number of nitrogens with zero attached hydrogens (tertiary/aromatic N) is 2. The summed E-state index contributed by atoms with van der Waals surface area (Å²) in [6, 6.07) is 30.3. The zero-order chi connectivity index (χ0) is 21.0. The summed E-state index contributed by atoms with van der Waals surface area (Å²) in [6.07, 6.45) is 0. The molecule has 3 aromatic carbocycles. The standard InChI is InChI=1S/C26H26N2OS/c1-26(2)19-30-25(27-18-20-12-6-3-7-13-20)28(26)24(29)23(21-14-8-4-9-15-21)22-16-10-5-11-17-22/h3-17,23H,18-19H2,1-2H3. The number of hydrogen-bond donors (Lipinski definition) is 0. The van der Waals surface area contributed by atoms with E-state index in [1.807, 2.05) is 83.8 Å². The van der Waals surface area contributed by atoms with E-state index in [1.165, 1.54) is 0 Å². The molecular weight excluding hydrogens is 388 g/mol. The van der Waals surface area contributed by atoms with E-state index in [0.717, 1.165) is 27.6 Å². The molecule has 30 heavy (non-hydrogen) atoms. The monoisotopic (exact) mass is 414 g/mol. The van der Waals surface area contributed by atoms with E-state index >= 15 is 0 Å². The molecule has 1 amide bonds. The molecule has 1 aliphatic rings. The van der Waals surface area contributed by atoms with Crippen LogP contribution < -0.4 is 0 Å². The first kappa shape index (κ1) is 20.4. The largest absolute Gasteiger partial charge is 0.284 e. The van der Waals surface area contributed by atoms with Crippen molar-refractivity contribution in [3.8, 4) is 0 Å². The average molecular weight is 415 g/mol. The predicted octanol–water partition coefficient (Wildman–Crippen LogP) is 5.73. The maximum absolute atomic E-state index is 14.0. The number of benzene rings is 3. The van der Waals surface area contributed by atoms with Gasteiger partial charge in [-0.2, -0.15) is 0 Å². The van der Waals surface area contributed by atoms with Gasteiger partial charge in [-0.05, 0) is 30.5 Å². The van der Waals surface area contributed by atoms with Crippen LogP contribution in [0.2, 0.25) is 0 Å². The van der Waals surface area contributed by atoms with Crippen LogP contribution in [0.15, 0.2) is 96.0 Å². The van der Waals surface area contributed by atoms with Gasteiger partial charge in [0.25, 0.3) is 0 Å². The van der Waals surface area contributed by atoms with Crippen molar-refractivity contribution < 1.29 is 4.79 Å². The molecule has 0 unspecified atom stereocenters. The molecule has 0 radical (unpaired) electrons. The number of amides is 1. The lowest BCUT2D eigenvalue weighted by molar-refractivity contribution is -0.130. The molecule has 0 saturated carbocycles. The first-order valence-electron chi connectivity index (χ1n) is 10.2. The Bertz CT molecular complexity index is 977. The lowest BCUT2D eigenvalue weighted by Crippen LogP contribution is -2.48. The molecule has 1 saturated heterocycles. The summed E-state index contributed by atoms with van der Waals surface area (Å²) >= 11 is 1.67. The highest BCUT2D eigenvalue weighted by atomic mass is 32.2. The summed E-state index contributed by atoms with van der Waals surface area (Å²) in [6.45, 7) is 4.82. The number of carbonyl (C=O) groups excluding carboxylic acids is 1. The highest BCUT2D eigenvalue weighted by Gasteiger charge is 2.44. The molecule has 152 valence electrons. The minimum atomic E-state index is -0.354. The Kier molecular flexibility index (Phi) is 6.05. The van der Waals surface area contributed by atoms with Crippen LogP contribution in [0.25, 0.3) is 0 Å². The second-order valence-corrected chi connectivity index (χ2v) is 9.06. The maximum Gasteiger partial charge on any atom is 0.241 e. The number of hydrogen-bond acceptors (Lipinski definition) is 3. The van der Waals surface area contributed by atoms with Gasteiger partial charge in [0.2, 0.25) is 5.91 Å². The molecule has 3 aromatic rings. The van der Waals surface area contributed by atoms with Crippen molar-refractivity contribution in [1.29, 1.82) is 0 Å². The summed E-state index contributed by atoms with van der Waals surface area (Å²) in [4.78, 5) is 20.8. The third-order valence-electron chi connectivity index (χ3n) is 5.32. The van der Waals surface area contributed by atoms with Crippen LogP contribution in [0.5, 0.6) is 0 Å². The van der Waals surface area contributed by atoms with Gasteiger partial charge in [-0.1, -0.05) is 103 Å². The van der Waals surface area contributed by atoms with Crippen molar-refractivity contribution >= 4 is 22.8 Å². The normalized spacial score (nSPS) is 16.9. The summed E-state index contributed by atoms with van der Waals surface area (Å²) in [5, 5.41) is 0.811. The van der Waals surface area contributed by atoms with Gasteiger partial charge in [-0.15, -0.1) is 0 Å². The van der Waals surface area contributed by atoms with Crippen molar-refractivity contribution in [2.24, 2.45) is 4.99 Å². The van der Waals surface area contributed by atoms with E-state index in [0.29, 0.717) is 6.54 Å². The Morgan fingerprint density at radius 2 is 1.40 bits per heavy atom. The summed E-state index contributed by atoms with van der Waals surface area (Å²) in [7, 11) is 0. The third-order valence-corrected chi connectivity index (χ3v) is 6.74. The van der Waals surface area contributed by atoms with Crippen molar-refractivity contribution in [1.82, 2.24) is 4.90 Å². The van der Waals surface area contributed by atoms with Gasteiger partial charge in [0.05, 0.1) is 18.0 Å². The first-order valence-corrected chi connectivity index (χ1v) is 11.2. The second kappa shape index (κ2) is 8.88. The van der Waals surface area contributed by atoms with Gasteiger partial charge >= 0.3 is 0 Å². The number of aliphatic imine (C=N–C) groups is 1. The number of thioether (sulfide) groups is 1. The summed E-state index contributed by atoms with van der Waals surface area (Å²) in [5.74, 6) is 0.560. The van der Waals surface area contributed by atoms with E-state index in [-0.39, 0.29) is 17.4 Å². The minimum absolute atomic E-state index is 0.0780. The van der Waals surface area contributed by atoms with Crippen molar-refractivity contribution in [3.05, 3.63) is 108 Å². The van der Waals surface area contributed by atoms with Crippen LogP contribution in [0.1, 0.15) is 36.5 Å². The van der Waals surface area contributed by atoms with Gasteiger partial charge in [-0.3, -0.25) is 14.7 Å². The van der Waals surface area contributed by atoms with E-state index in [1.54, 1.807) is 11.8 Å². The van der Waals surface area contributed by atoms with Crippen molar-refractivity contribution in [2.75, 3.05) is 5.75 Å². The molecular formula is C26H26N2OS. The minimum Gasteiger partial charge on any atom is -0.284 e. The van der Waals surface area contributed by atoms with Crippen molar-refractivity contribution in [3.63, 3.8) is 0 Å². The van der Waals surface area contributed by atoms with Crippen LogP contribution in [0, 0.1) is 0 Å². The first-order chi connectivity index (χ1) is 14.6. The van der Waals surface area contributed by atoms with Crippen LogP contribution in [-0.2, 0) is 11.3 Å². The number of carbonyl (C=O) groups is 1. The lowest BCUT2D eigenvalue weighted by atomic mass is 9.89. The fraction of sp³-hybridized carbons (Fsp3) is 0.231. The number of amidine groups is 1. The molecule has 0 spiro atoms. The van der Waals surface area contributed by atoms with Crippen LogP contribution in [-0.4, -0.2) is 27.3 Å². The van der Waals surface area contributed by atoms with E-state index < -0.39 is 0 Å². The van der Waals surface area contributed by atoms with Gasteiger partial charge in [0.1, 0.15) is 0 Å². The molecule has 4 heteroatoms. The topological polar surface area (TPSA) is 32.7 Å². The Morgan fingerprint density at radius 3 is 1.93 bits per heavy atom. The molecule has 1 aliphatic heterocycles. The zero-order valence-electron chi connectivity index (χ0n) is 17.4. The quantitative estimate of drug-likeness (QED) is 0.534. The van der Waals surface area contributed by atoms with E-state index in [2.05, 4.69) is 26.0 Å². The molecule has 0 bridgehead atoms. The highest BCUT2D eigenvalue weighted by Crippen LogP contribution is 2.37. The molecule has 0 atom stereocenters. The van der Waals surface area contributed by atoms with Gasteiger partial charge in [-0.25, -0.2) is 0 Å². The Balaban J connectivity index is 1.71. The predicted molar refractivity (Wildman–Crippen MR) is 126 cm³/mol. The van der Waals surface area contributed by atoms with E-state index in [9.17, 15) is 4.79 Å². The van der Waals surface area contributed by atoms with Crippen molar-refractivity contribution in [2.45, 2.75) is 31.8 Å². The lowest BCUT2D eigenvalue weighted by Gasteiger charge is -2.33. The highest BCUT2D eigenvalue weighted by molar-refractivity contribution is 8.14. The van der Waals surface area contributed by atoms with Crippen LogP contribution in [0.4, 0.5) is 0 Å². The fourth-order valence-electron chi connectivity index (χ4n) is 3.78. The molecule has 1 heterocycles. The third kappa shape index (κ3) is 4.34. The Hall–Kier alpha value is -2.85. The van der Waals surface area contributed by atoms with Gasteiger partial charge < -0.3 is 0 Å². The smallest absolute Gasteiger partial charge is 0.241 e. The molecule has 3 nitrogen and oxygen atoms in total. The van der Waals surface area contributed by atoms with Gasteiger partial charge in [0, 0.05) is 5.75 Å². The Labute approximate surface area is 182 Å². The van der Waals surface area contributed by atoms with Gasteiger partial charge in [0.15, 0.2) is 5.17 Å². The maximum atomic E-state index is 14.0. The molecule has 0 aromatic heterocycles. The van der Waals surface area contributed by atoms with Crippen LogP contribution >= 0.6 is 11.8 Å². The second-order valence-electron chi connectivity index (χ2n) is 8.11. The average Bonchev–Trinajstić information content (AvgIpc) is 3.08. The molecule has 0 aliphatic carbocycles. The fourth-order valence-corrected chi connectivity index (χ4v) is 5.01. The van der Waals surface area contributed by atoms with Crippen LogP contribution in [0.3, 0.4) is 0 Å². The number of rotatable bonds is 5. The molecule has 0 N–H and O–H groups in total. The Morgan fingerprint density at radius 1 is 0.900 bits per heavy atom. The summed E-state index contributed by atoms with van der Waals surface area (Å²) < 4.78 is 0. The molecule has 1 fully saturated rings.